The quantitative estimate of drug-likeness (QED) is 0.836. The topological polar surface area (TPSA) is 73.2 Å². The van der Waals surface area contributed by atoms with Gasteiger partial charge in [0.05, 0.1) is 11.6 Å². The van der Waals surface area contributed by atoms with Gasteiger partial charge in [0.2, 0.25) is 0 Å². The molecule has 1 atom stereocenters. The number of hydrogen-bond acceptors (Lipinski definition) is 3. The molecule has 1 unspecified atom stereocenters. The van der Waals surface area contributed by atoms with Crippen molar-refractivity contribution in [3.63, 3.8) is 0 Å². The molecule has 1 saturated heterocycles. The van der Waals surface area contributed by atoms with Crippen LogP contribution in [0.3, 0.4) is 0 Å². The van der Waals surface area contributed by atoms with Gasteiger partial charge in [-0.15, -0.1) is 0 Å². The number of piperazine rings is 1. The number of halogens is 1. The first-order valence-corrected chi connectivity index (χ1v) is 8.83. The van der Waals surface area contributed by atoms with Gasteiger partial charge < -0.3 is 10.2 Å². The molecule has 6 heteroatoms. The number of hydrogen-bond donors (Lipinski definition) is 1. The summed E-state index contributed by atoms with van der Waals surface area (Å²) < 4.78 is 14.4. The molecule has 28 heavy (non-hydrogen) atoms. The van der Waals surface area contributed by atoms with Crippen LogP contribution < -0.4 is 5.32 Å². The van der Waals surface area contributed by atoms with Crippen LogP contribution >= 0.6 is 0 Å². The van der Waals surface area contributed by atoms with Crippen LogP contribution in [0.5, 0.6) is 0 Å². The molecule has 142 valence electrons. The molecule has 0 aliphatic carbocycles. The van der Waals surface area contributed by atoms with Gasteiger partial charge in [-0.05, 0) is 37.1 Å². The first-order chi connectivity index (χ1) is 13.3. The number of nitrogens with zero attached hydrogens (tertiary/aromatic N) is 2. The van der Waals surface area contributed by atoms with Gasteiger partial charge in [0.25, 0.3) is 11.8 Å². The van der Waals surface area contributed by atoms with Gasteiger partial charge in [-0.25, -0.2) is 4.39 Å². The van der Waals surface area contributed by atoms with Crippen LogP contribution in [-0.2, 0) is 16.0 Å². The van der Waals surface area contributed by atoms with E-state index in [0.29, 0.717) is 6.42 Å². The minimum Gasteiger partial charge on any atom is -0.326 e. The number of likely N-dealkylation sites (N-methyl/N-ethyl adjacent to an activating group) is 1. The van der Waals surface area contributed by atoms with E-state index in [0.717, 1.165) is 5.56 Å². The zero-order chi connectivity index (χ0) is 20.5. The fourth-order valence-corrected chi connectivity index (χ4v) is 3.42. The minimum atomic E-state index is -1.09. The predicted molar refractivity (Wildman–Crippen MR) is 103 cm³/mol. The molecular formula is C22H20FN3O2. The third-order valence-corrected chi connectivity index (χ3v) is 5.26. The maximum absolute atomic E-state index is 14.4. The summed E-state index contributed by atoms with van der Waals surface area (Å²) in [6.07, 6.45) is 0.345. The van der Waals surface area contributed by atoms with E-state index in [1.165, 1.54) is 30.0 Å². The van der Waals surface area contributed by atoms with Crippen LogP contribution in [0.2, 0.25) is 0 Å². The molecule has 1 N–H and O–H groups in total. The molecule has 2 aromatic rings. The average Bonchev–Trinajstić information content (AvgIpc) is 2.69. The standard InChI is InChI=1S/C22H20FN3O2/c1-14(18-16(13-24)10-7-11-17(18)23)19-20(27)26(3)22(2,21(28)25-19)12-15-8-5-4-6-9-15/h4-11H,12H2,1-3H3,(H,25,28). The van der Waals surface area contributed by atoms with Crippen molar-refractivity contribution < 1.29 is 14.0 Å². The summed E-state index contributed by atoms with van der Waals surface area (Å²) in [5, 5.41) is 11.9. The Bertz CT molecular complexity index is 1020. The van der Waals surface area contributed by atoms with E-state index in [-0.39, 0.29) is 28.3 Å². The molecule has 3 rings (SSSR count). The van der Waals surface area contributed by atoms with Crippen LogP contribution in [0.25, 0.3) is 5.57 Å². The van der Waals surface area contributed by atoms with E-state index < -0.39 is 17.3 Å². The van der Waals surface area contributed by atoms with Crippen molar-refractivity contribution in [2.45, 2.75) is 25.8 Å². The fourth-order valence-electron chi connectivity index (χ4n) is 3.42. The van der Waals surface area contributed by atoms with Gasteiger partial charge in [0, 0.05) is 19.0 Å². The number of rotatable bonds is 3. The highest BCUT2D eigenvalue weighted by atomic mass is 19.1. The Kier molecular flexibility index (Phi) is 5.02. The molecule has 2 amide bonds. The lowest BCUT2D eigenvalue weighted by Gasteiger charge is -2.42. The number of carbonyl (C=O) groups excluding carboxylic acids is 2. The largest absolute Gasteiger partial charge is 0.326 e. The molecule has 0 spiro atoms. The fraction of sp³-hybridized carbons (Fsp3) is 0.227. The molecule has 1 fully saturated rings. The smallest absolute Gasteiger partial charge is 0.271 e. The van der Waals surface area contributed by atoms with E-state index in [1.54, 1.807) is 14.0 Å². The van der Waals surface area contributed by atoms with Gasteiger partial charge in [-0.2, -0.15) is 5.26 Å². The second kappa shape index (κ2) is 7.28. The summed E-state index contributed by atoms with van der Waals surface area (Å²) >= 11 is 0. The van der Waals surface area contributed by atoms with Crippen LogP contribution in [0, 0.1) is 17.1 Å². The van der Waals surface area contributed by atoms with Crippen molar-refractivity contribution in [3.8, 4) is 6.07 Å². The van der Waals surface area contributed by atoms with Crippen LogP contribution in [0.15, 0.2) is 54.2 Å². The Morgan fingerprint density at radius 1 is 1.18 bits per heavy atom. The van der Waals surface area contributed by atoms with Crippen LogP contribution in [0.1, 0.15) is 30.5 Å². The first kappa shape index (κ1) is 19.3. The third kappa shape index (κ3) is 3.16. The van der Waals surface area contributed by atoms with Crippen molar-refractivity contribution in [2.75, 3.05) is 7.05 Å². The Morgan fingerprint density at radius 2 is 1.86 bits per heavy atom. The van der Waals surface area contributed by atoms with Gasteiger partial charge in [0.15, 0.2) is 0 Å². The highest BCUT2D eigenvalue weighted by Crippen LogP contribution is 2.31. The summed E-state index contributed by atoms with van der Waals surface area (Å²) in [6, 6.07) is 15.5. The molecule has 0 radical (unpaired) electrons. The Morgan fingerprint density at radius 3 is 2.50 bits per heavy atom. The Labute approximate surface area is 163 Å². The number of amides is 2. The van der Waals surface area contributed by atoms with Gasteiger partial charge in [-0.3, -0.25) is 9.59 Å². The number of carbonyl (C=O) groups is 2. The molecule has 0 bridgehead atoms. The first-order valence-electron chi connectivity index (χ1n) is 8.83. The lowest BCUT2D eigenvalue weighted by Crippen LogP contribution is -2.64. The van der Waals surface area contributed by atoms with E-state index >= 15 is 0 Å². The Hall–Kier alpha value is -3.46. The molecule has 5 nitrogen and oxygen atoms in total. The number of nitrogens with one attached hydrogen (secondary N) is 1. The zero-order valence-corrected chi connectivity index (χ0v) is 15.9. The molecule has 1 heterocycles. The summed E-state index contributed by atoms with van der Waals surface area (Å²) in [6.45, 7) is 3.23. The monoisotopic (exact) mass is 377 g/mol. The van der Waals surface area contributed by atoms with Crippen molar-refractivity contribution in [2.24, 2.45) is 0 Å². The summed E-state index contributed by atoms with van der Waals surface area (Å²) in [5.41, 5.74) is 0.169. The molecule has 0 saturated carbocycles. The number of allylic oxidation sites excluding steroid dienone is 1. The van der Waals surface area contributed by atoms with Gasteiger partial charge in [0.1, 0.15) is 17.1 Å². The Balaban J connectivity index is 2.03. The normalized spacial score (nSPS) is 21.2. The maximum Gasteiger partial charge on any atom is 0.271 e. The predicted octanol–water partition coefficient (Wildman–Crippen LogP) is 3.02. The zero-order valence-electron chi connectivity index (χ0n) is 15.9. The van der Waals surface area contributed by atoms with Crippen LogP contribution in [-0.4, -0.2) is 29.3 Å². The third-order valence-electron chi connectivity index (χ3n) is 5.26. The van der Waals surface area contributed by atoms with E-state index in [2.05, 4.69) is 5.32 Å². The van der Waals surface area contributed by atoms with Gasteiger partial charge in [-0.1, -0.05) is 36.4 Å². The minimum absolute atomic E-state index is 0.0142. The lowest BCUT2D eigenvalue weighted by atomic mass is 9.87. The second-order valence-electron chi connectivity index (χ2n) is 7.03. The lowest BCUT2D eigenvalue weighted by molar-refractivity contribution is -0.147. The molecular weight excluding hydrogens is 357 g/mol. The van der Waals surface area contributed by atoms with E-state index in [4.69, 9.17) is 0 Å². The second-order valence-corrected chi connectivity index (χ2v) is 7.03. The highest BCUT2D eigenvalue weighted by Gasteiger charge is 2.46. The summed E-state index contributed by atoms with van der Waals surface area (Å²) in [5.74, 6) is -1.41. The average molecular weight is 377 g/mol. The number of benzene rings is 2. The van der Waals surface area contributed by atoms with Crippen molar-refractivity contribution in [1.82, 2.24) is 10.2 Å². The van der Waals surface area contributed by atoms with Crippen molar-refractivity contribution >= 4 is 17.4 Å². The molecule has 1 aliphatic heterocycles. The molecule has 1 aliphatic rings. The molecule has 2 aromatic carbocycles. The van der Waals surface area contributed by atoms with Gasteiger partial charge >= 0.3 is 0 Å². The van der Waals surface area contributed by atoms with Crippen molar-refractivity contribution in [1.29, 1.82) is 5.26 Å². The maximum atomic E-state index is 14.4. The van der Waals surface area contributed by atoms with Crippen LogP contribution in [0.4, 0.5) is 4.39 Å². The SMILES string of the molecule is CC(=C1NC(=O)C(C)(Cc2ccccc2)N(C)C1=O)c1c(F)cccc1C#N. The van der Waals surface area contributed by atoms with Crippen molar-refractivity contribution in [3.05, 3.63) is 76.7 Å². The summed E-state index contributed by atoms with van der Waals surface area (Å²) in [4.78, 5) is 27.4. The van der Waals surface area contributed by atoms with E-state index in [1.807, 2.05) is 36.4 Å². The highest BCUT2D eigenvalue weighted by molar-refractivity contribution is 6.10. The van der Waals surface area contributed by atoms with E-state index in [9.17, 15) is 19.2 Å². The number of nitriles is 1. The molecule has 0 aromatic heterocycles. The summed E-state index contributed by atoms with van der Waals surface area (Å²) in [7, 11) is 1.56.